The molecular weight excluding hydrogens is 471 g/mol. The van der Waals surface area contributed by atoms with Crippen molar-refractivity contribution in [3.63, 3.8) is 0 Å². The van der Waals surface area contributed by atoms with E-state index in [0.717, 1.165) is 23.0 Å². The fraction of sp³-hybridized carbons (Fsp3) is 0.200. The van der Waals surface area contributed by atoms with Gasteiger partial charge < -0.3 is 0 Å². The SMILES string of the molecule is Cc1cc(-c2cccc(-c3cc(C)[o+]c(C)c3)c2)cc(C)[o+]1.[O-][Cl+3]([O-])([O-])[O-].[O-][Cl+3]([O-])([O-])[O-]. The summed E-state index contributed by atoms with van der Waals surface area (Å²) in [5, 5.41) is 0. The monoisotopic (exact) mass is 490 g/mol. The second kappa shape index (κ2) is 11.6. The Balaban J connectivity index is 0.000000431. The van der Waals surface area contributed by atoms with Gasteiger partial charge in [0.15, 0.2) is 0 Å². The van der Waals surface area contributed by atoms with Crippen LogP contribution in [-0.4, -0.2) is 0 Å². The van der Waals surface area contributed by atoms with Gasteiger partial charge in [-0.05, 0) is 28.3 Å². The molecule has 0 unspecified atom stereocenters. The zero-order chi connectivity index (χ0) is 24.7. The van der Waals surface area contributed by atoms with Crippen LogP contribution in [0.5, 0.6) is 0 Å². The Morgan fingerprint density at radius 1 is 0.469 bits per heavy atom. The maximum absolute atomic E-state index is 8.49. The number of hydrogen-bond donors (Lipinski definition) is 0. The Kier molecular flexibility index (Phi) is 10.1. The Hall–Kier alpha value is -2.22. The van der Waals surface area contributed by atoms with E-state index < -0.39 is 20.5 Å². The summed E-state index contributed by atoms with van der Waals surface area (Å²) in [6.07, 6.45) is 0. The fourth-order valence-electron chi connectivity index (χ4n) is 2.80. The lowest BCUT2D eigenvalue weighted by Crippen LogP contribution is -2.68. The molecule has 2 aromatic heterocycles. The number of aryl methyl sites for hydroxylation is 4. The molecule has 32 heavy (non-hydrogen) atoms. The molecule has 0 saturated carbocycles. The van der Waals surface area contributed by atoms with Gasteiger partial charge >= 0.3 is 23.0 Å². The van der Waals surface area contributed by atoms with Crippen molar-refractivity contribution in [1.82, 2.24) is 0 Å². The maximum Gasteiger partial charge on any atom is 0.327 e. The van der Waals surface area contributed by atoms with Gasteiger partial charge in [0.05, 0.1) is 27.7 Å². The molecule has 1 aromatic carbocycles. The van der Waals surface area contributed by atoms with Gasteiger partial charge in [0.2, 0.25) is 0 Å². The second-order valence-corrected chi connectivity index (χ2v) is 7.98. The molecule has 10 nitrogen and oxygen atoms in total. The first-order chi connectivity index (χ1) is 14.5. The highest BCUT2D eigenvalue weighted by atomic mass is 35.7. The lowest BCUT2D eigenvalue weighted by Gasteiger charge is -2.17. The standard InChI is InChI=1S/C20H20O2.2ClHO4/c1-13-8-19(9-14(2)21-13)17-6-5-7-18(12-17)20-10-15(3)22-16(4)11-20;2*2-1(3,4)5/h5-12H,1-4H3;2*(H,2,3,4,5)/q+2;;/p-2. The third-order valence-electron chi connectivity index (χ3n) is 3.61. The molecule has 174 valence electrons. The Bertz CT molecular complexity index is 898. The Labute approximate surface area is 188 Å². The lowest BCUT2D eigenvalue weighted by molar-refractivity contribution is -2.00. The molecule has 0 bridgehead atoms. The van der Waals surface area contributed by atoms with Crippen molar-refractivity contribution >= 4 is 0 Å². The van der Waals surface area contributed by atoms with Crippen molar-refractivity contribution in [1.29, 1.82) is 0 Å². The van der Waals surface area contributed by atoms with Gasteiger partial charge in [0, 0.05) is 24.3 Å². The zero-order valence-electron chi connectivity index (χ0n) is 17.5. The molecule has 12 heteroatoms. The van der Waals surface area contributed by atoms with Crippen LogP contribution in [0.3, 0.4) is 0 Å². The van der Waals surface area contributed by atoms with E-state index in [9.17, 15) is 0 Å². The van der Waals surface area contributed by atoms with Gasteiger partial charge in [0.1, 0.15) is 0 Å². The molecule has 0 radical (unpaired) electrons. The van der Waals surface area contributed by atoms with Gasteiger partial charge in [-0.15, -0.1) is 20.5 Å². The fourth-order valence-corrected chi connectivity index (χ4v) is 2.80. The summed E-state index contributed by atoms with van der Waals surface area (Å²) in [5.41, 5.74) is 4.74. The van der Waals surface area contributed by atoms with Gasteiger partial charge in [0.25, 0.3) is 0 Å². The predicted molar refractivity (Wildman–Crippen MR) is 89.6 cm³/mol. The molecule has 0 atom stereocenters. The summed E-state index contributed by atoms with van der Waals surface area (Å²) in [6, 6.07) is 16.9. The third-order valence-corrected chi connectivity index (χ3v) is 3.61. The molecule has 0 spiro atoms. The average molecular weight is 491 g/mol. The molecule has 0 aliphatic carbocycles. The molecule has 0 N–H and O–H groups in total. The smallest absolute Gasteiger partial charge is 0.222 e. The van der Waals surface area contributed by atoms with Crippen LogP contribution in [0, 0.1) is 48.2 Å². The van der Waals surface area contributed by atoms with Crippen LogP contribution in [0.25, 0.3) is 22.3 Å². The predicted octanol–water partition coefficient (Wildman–Crippen LogP) is -3.51. The van der Waals surface area contributed by atoms with Gasteiger partial charge in [-0.1, -0.05) is 18.2 Å². The van der Waals surface area contributed by atoms with E-state index >= 15 is 0 Å². The van der Waals surface area contributed by atoms with Crippen LogP contribution in [0.4, 0.5) is 0 Å². The highest BCUT2D eigenvalue weighted by Gasteiger charge is 2.12. The van der Waals surface area contributed by atoms with Crippen LogP contribution in [0.2, 0.25) is 0 Å². The summed E-state index contributed by atoms with van der Waals surface area (Å²) >= 11 is 0. The highest BCUT2D eigenvalue weighted by molar-refractivity contribution is 5.73. The first-order valence-corrected chi connectivity index (χ1v) is 11.2. The van der Waals surface area contributed by atoms with E-state index in [1.807, 2.05) is 27.7 Å². The highest BCUT2D eigenvalue weighted by Crippen LogP contribution is 2.28. The first-order valence-electron chi connectivity index (χ1n) is 8.68. The quantitative estimate of drug-likeness (QED) is 0.323. The number of benzene rings is 1. The molecular formula is C20H20Cl2O10. The summed E-state index contributed by atoms with van der Waals surface area (Å²) < 4.78 is 79.1. The average Bonchev–Trinajstić information content (AvgIpc) is 2.57. The van der Waals surface area contributed by atoms with Crippen molar-refractivity contribution < 1.29 is 66.6 Å². The van der Waals surface area contributed by atoms with Gasteiger partial charge in [-0.25, -0.2) is 46.1 Å². The minimum atomic E-state index is -4.94. The zero-order valence-corrected chi connectivity index (χ0v) is 19.0. The van der Waals surface area contributed by atoms with Crippen LogP contribution in [0.1, 0.15) is 23.0 Å². The third kappa shape index (κ3) is 12.6. The molecule has 3 rings (SSSR count). The minimum absolute atomic E-state index is 0.922. The molecule has 0 fully saturated rings. The topological polar surface area (TPSA) is 207 Å². The second-order valence-electron chi connectivity index (χ2n) is 6.47. The molecule has 0 saturated heterocycles. The molecule has 0 amide bonds. The van der Waals surface area contributed by atoms with E-state index in [-0.39, 0.29) is 0 Å². The van der Waals surface area contributed by atoms with Crippen LogP contribution in [0.15, 0.2) is 57.4 Å². The van der Waals surface area contributed by atoms with Gasteiger partial charge in [-0.2, -0.15) is 0 Å². The van der Waals surface area contributed by atoms with Crippen molar-refractivity contribution in [2.45, 2.75) is 27.7 Å². The normalized spacial score (nSPS) is 11.1. The van der Waals surface area contributed by atoms with Crippen LogP contribution >= 0.6 is 0 Å². The van der Waals surface area contributed by atoms with E-state index in [1.54, 1.807) is 0 Å². The number of hydrogen-bond acceptors (Lipinski definition) is 8. The first kappa shape index (κ1) is 27.8. The molecule has 2 heterocycles. The van der Waals surface area contributed by atoms with Crippen molar-refractivity contribution in [2.75, 3.05) is 0 Å². The summed E-state index contributed by atoms with van der Waals surface area (Å²) in [7, 11) is -9.89. The van der Waals surface area contributed by atoms with Crippen molar-refractivity contribution in [3.05, 3.63) is 71.6 Å². The summed E-state index contributed by atoms with van der Waals surface area (Å²) in [6.45, 7) is 7.91. The minimum Gasteiger partial charge on any atom is -0.222 e. The summed E-state index contributed by atoms with van der Waals surface area (Å²) in [5.74, 6) is 3.69. The van der Waals surface area contributed by atoms with Crippen molar-refractivity contribution in [2.24, 2.45) is 0 Å². The Morgan fingerprint density at radius 2 is 0.719 bits per heavy atom. The number of halogens is 2. The maximum atomic E-state index is 8.49. The molecule has 0 aliphatic rings. The van der Waals surface area contributed by atoms with Gasteiger partial charge in [-0.3, -0.25) is 0 Å². The van der Waals surface area contributed by atoms with E-state index in [2.05, 4.69) is 48.5 Å². The summed E-state index contributed by atoms with van der Waals surface area (Å²) in [4.78, 5) is 0. The Morgan fingerprint density at radius 3 is 0.969 bits per heavy atom. The van der Waals surface area contributed by atoms with E-state index in [1.165, 1.54) is 22.3 Å². The van der Waals surface area contributed by atoms with Crippen LogP contribution in [-0.2, 0) is 0 Å². The van der Waals surface area contributed by atoms with Crippen molar-refractivity contribution in [3.8, 4) is 22.3 Å². The van der Waals surface area contributed by atoms with E-state index in [4.69, 9.17) is 46.1 Å². The lowest BCUT2D eigenvalue weighted by atomic mass is 9.99. The van der Waals surface area contributed by atoms with Crippen LogP contribution < -0.4 is 37.3 Å². The van der Waals surface area contributed by atoms with E-state index in [0.29, 0.717) is 0 Å². The largest absolute Gasteiger partial charge is 0.327 e. The molecule has 0 aliphatic heterocycles. The molecule has 3 aromatic rings. The number of rotatable bonds is 2.